The van der Waals surface area contributed by atoms with E-state index < -0.39 is 11.9 Å². The van der Waals surface area contributed by atoms with Crippen LogP contribution in [0.2, 0.25) is 0 Å². The van der Waals surface area contributed by atoms with Crippen LogP contribution in [0.1, 0.15) is 62.9 Å². The number of hydrogen-bond donors (Lipinski definition) is 3. The number of nitrogens with one attached hydrogen (secondary N) is 1. The van der Waals surface area contributed by atoms with Crippen LogP contribution < -0.4 is 16.0 Å². The summed E-state index contributed by atoms with van der Waals surface area (Å²) < 4.78 is 0. The monoisotopic (exact) mass is 426 g/mol. The summed E-state index contributed by atoms with van der Waals surface area (Å²) in [7, 11) is 0. The molecule has 1 heterocycles. The maximum absolute atomic E-state index is 11.3. The number of hydrogen-bond acceptors (Lipinski definition) is 5. The van der Waals surface area contributed by atoms with Gasteiger partial charge in [-0.25, -0.2) is 4.98 Å². The van der Waals surface area contributed by atoms with Crippen LogP contribution in [0, 0.1) is 11.8 Å². The normalized spacial score (nSPS) is 12.1. The molecule has 7 heteroatoms. The number of carbonyl (C=O) groups is 2. The molecule has 2 rings (SSSR count). The number of aliphatic carboxylic acids is 1. The zero-order chi connectivity index (χ0) is 23.1. The number of nitrogens with zero attached hydrogens (tertiary/aromatic N) is 2. The number of pyridine rings is 1. The van der Waals surface area contributed by atoms with E-state index >= 15 is 0 Å². The fourth-order valence-electron chi connectivity index (χ4n) is 3.52. The largest absolute Gasteiger partial charge is 0.481 e. The second kappa shape index (κ2) is 10.8. The van der Waals surface area contributed by atoms with Crippen molar-refractivity contribution in [3.8, 4) is 0 Å². The molecule has 0 aliphatic carbocycles. The Kier molecular flexibility index (Phi) is 8.42. The van der Waals surface area contributed by atoms with E-state index in [1.54, 1.807) is 12.1 Å². The van der Waals surface area contributed by atoms with Gasteiger partial charge < -0.3 is 21.1 Å². The van der Waals surface area contributed by atoms with E-state index in [4.69, 9.17) is 5.73 Å². The van der Waals surface area contributed by atoms with E-state index in [0.29, 0.717) is 23.2 Å². The zero-order valence-electron chi connectivity index (χ0n) is 19.1. The molecule has 0 spiro atoms. The maximum atomic E-state index is 11.3. The summed E-state index contributed by atoms with van der Waals surface area (Å²) in [6.07, 6.45) is 1.51. The van der Waals surface area contributed by atoms with Crippen LogP contribution in [-0.4, -0.2) is 35.1 Å². The molecule has 31 heavy (non-hydrogen) atoms. The molecule has 4 N–H and O–H groups in total. The third kappa shape index (κ3) is 7.27. The van der Waals surface area contributed by atoms with Crippen molar-refractivity contribution in [3.63, 3.8) is 0 Å². The predicted octanol–water partition coefficient (Wildman–Crippen LogP) is 4.62. The molecule has 7 nitrogen and oxygen atoms in total. The Hall–Kier alpha value is -3.09. The van der Waals surface area contributed by atoms with E-state index in [0.717, 1.165) is 30.0 Å². The third-order valence-corrected chi connectivity index (χ3v) is 4.89. The molecular formula is C24H34N4O3. The molecule has 1 atom stereocenters. The van der Waals surface area contributed by atoms with Crippen molar-refractivity contribution in [2.75, 3.05) is 23.3 Å². The SMILES string of the molecule is CC(C)CN(CC(C)C)c1ccc(C(C)CC(=O)O)cc1Nc1ccc(C(N)=O)cn1. The molecule has 2 aromatic rings. The predicted molar refractivity (Wildman–Crippen MR) is 125 cm³/mol. The van der Waals surface area contributed by atoms with Crippen molar-refractivity contribution in [3.05, 3.63) is 47.7 Å². The average molecular weight is 427 g/mol. The quantitative estimate of drug-likeness (QED) is 0.484. The van der Waals surface area contributed by atoms with E-state index in [-0.39, 0.29) is 12.3 Å². The first-order valence-electron chi connectivity index (χ1n) is 10.7. The number of amides is 1. The highest BCUT2D eigenvalue weighted by Crippen LogP contribution is 2.34. The van der Waals surface area contributed by atoms with Gasteiger partial charge in [-0.2, -0.15) is 0 Å². The standard InChI is InChI=1S/C24H34N4O3/c1-15(2)13-28(14-16(3)4)21-8-6-18(17(5)10-23(29)30)11-20(21)27-22-9-7-19(12-26-22)24(25)31/h6-9,11-12,15-17H,10,13-14H2,1-5H3,(H2,25,31)(H,26,27)(H,29,30). The second-order valence-corrected chi connectivity index (χ2v) is 8.89. The third-order valence-electron chi connectivity index (χ3n) is 4.89. The van der Waals surface area contributed by atoms with E-state index in [2.05, 4.69) is 49.0 Å². The van der Waals surface area contributed by atoms with Crippen molar-refractivity contribution >= 4 is 29.1 Å². The lowest BCUT2D eigenvalue weighted by molar-refractivity contribution is -0.137. The number of aromatic nitrogens is 1. The summed E-state index contributed by atoms with van der Waals surface area (Å²) >= 11 is 0. The number of carboxylic acids is 1. The molecule has 0 aliphatic rings. The highest BCUT2D eigenvalue weighted by atomic mass is 16.4. The molecule has 168 valence electrons. The van der Waals surface area contributed by atoms with E-state index in [9.17, 15) is 14.7 Å². The second-order valence-electron chi connectivity index (χ2n) is 8.89. The number of nitrogens with two attached hydrogens (primary N) is 1. The highest BCUT2D eigenvalue weighted by molar-refractivity contribution is 5.92. The van der Waals surface area contributed by atoms with Gasteiger partial charge in [-0.3, -0.25) is 9.59 Å². The Bertz CT molecular complexity index is 884. The summed E-state index contributed by atoms with van der Waals surface area (Å²) in [6.45, 7) is 12.5. The fraction of sp³-hybridized carbons (Fsp3) is 0.458. The van der Waals surface area contributed by atoms with Gasteiger partial charge in [-0.1, -0.05) is 40.7 Å². The molecule has 1 aromatic heterocycles. The van der Waals surface area contributed by atoms with Gasteiger partial charge in [0, 0.05) is 19.3 Å². The summed E-state index contributed by atoms with van der Waals surface area (Å²) in [4.78, 5) is 29.2. The summed E-state index contributed by atoms with van der Waals surface area (Å²) in [5.41, 5.74) is 8.49. The van der Waals surface area contributed by atoms with Crippen LogP contribution in [-0.2, 0) is 4.79 Å². The molecule has 0 saturated heterocycles. The molecule has 0 bridgehead atoms. The fourth-order valence-corrected chi connectivity index (χ4v) is 3.52. The number of primary amides is 1. The van der Waals surface area contributed by atoms with Gasteiger partial charge in [-0.15, -0.1) is 0 Å². The molecule has 0 fully saturated rings. The topological polar surface area (TPSA) is 109 Å². The van der Waals surface area contributed by atoms with Gasteiger partial charge in [-0.05, 0) is 47.6 Å². The first-order valence-corrected chi connectivity index (χ1v) is 10.7. The first kappa shape index (κ1) is 24.2. The lowest BCUT2D eigenvalue weighted by atomic mass is 9.96. The molecule has 0 saturated carbocycles. The maximum Gasteiger partial charge on any atom is 0.303 e. The highest BCUT2D eigenvalue weighted by Gasteiger charge is 2.18. The molecule has 1 aromatic carbocycles. The molecule has 0 aliphatic heterocycles. The number of carbonyl (C=O) groups excluding carboxylic acids is 1. The van der Waals surface area contributed by atoms with Crippen LogP contribution in [0.25, 0.3) is 0 Å². The molecule has 0 radical (unpaired) electrons. The smallest absolute Gasteiger partial charge is 0.303 e. The van der Waals surface area contributed by atoms with Crippen molar-refractivity contribution < 1.29 is 14.7 Å². The van der Waals surface area contributed by atoms with Crippen molar-refractivity contribution in [1.82, 2.24) is 4.98 Å². The van der Waals surface area contributed by atoms with Gasteiger partial charge in [0.05, 0.1) is 23.4 Å². The van der Waals surface area contributed by atoms with E-state index in [1.165, 1.54) is 6.20 Å². The molecule has 1 amide bonds. The van der Waals surface area contributed by atoms with Crippen LogP contribution in [0.3, 0.4) is 0 Å². The number of carboxylic acid groups (broad SMARTS) is 1. The van der Waals surface area contributed by atoms with Crippen LogP contribution in [0.4, 0.5) is 17.2 Å². The van der Waals surface area contributed by atoms with Crippen LogP contribution in [0.15, 0.2) is 36.5 Å². The number of anilines is 3. The Morgan fingerprint density at radius 1 is 1.06 bits per heavy atom. The summed E-state index contributed by atoms with van der Waals surface area (Å²) in [6, 6.07) is 9.41. The molecular weight excluding hydrogens is 392 g/mol. The van der Waals surface area contributed by atoms with Gasteiger partial charge in [0.25, 0.3) is 0 Å². The Balaban J connectivity index is 2.47. The lowest BCUT2D eigenvalue weighted by Crippen LogP contribution is -2.31. The van der Waals surface area contributed by atoms with Crippen molar-refractivity contribution in [2.45, 2.75) is 47.0 Å². The Morgan fingerprint density at radius 2 is 1.71 bits per heavy atom. The minimum Gasteiger partial charge on any atom is -0.481 e. The molecule has 1 unspecified atom stereocenters. The summed E-state index contributed by atoms with van der Waals surface area (Å²) in [5.74, 6) is 0.0694. The Morgan fingerprint density at radius 3 is 2.19 bits per heavy atom. The van der Waals surface area contributed by atoms with Gasteiger partial charge in [0.1, 0.15) is 5.82 Å². The average Bonchev–Trinajstić information content (AvgIpc) is 2.66. The van der Waals surface area contributed by atoms with Crippen LogP contribution >= 0.6 is 0 Å². The summed E-state index contributed by atoms with van der Waals surface area (Å²) in [5, 5.41) is 12.6. The minimum atomic E-state index is -0.823. The Labute approximate surface area is 184 Å². The minimum absolute atomic E-state index is 0.0616. The number of benzene rings is 1. The zero-order valence-corrected chi connectivity index (χ0v) is 19.1. The van der Waals surface area contributed by atoms with Crippen molar-refractivity contribution in [2.24, 2.45) is 17.6 Å². The van der Waals surface area contributed by atoms with E-state index in [1.807, 2.05) is 19.1 Å². The number of rotatable bonds is 11. The van der Waals surface area contributed by atoms with Crippen molar-refractivity contribution in [1.29, 1.82) is 0 Å². The van der Waals surface area contributed by atoms with Crippen LogP contribution in [0.5, 0.6) is 0 Å². The first-order chi connectivity index (χ1) is 14.6. The van der Waals surface area contributed by atoms with Gasteiger partial charge >= 0.3 is 5.97 Å². The van der Waals surface area contributed by atoms with Gasteiger partial charge in [0.2, 0.25) is 5.91 Å². The lowest BCUT2D eigenvalue weighted by Gasteiger charge is -2.31. The van der Waals surface area contributed by atoms with Gasteiger partial charge in [0.15, 0.2) is 0 Å².